The van der Waals surface area contributed by atoms with Crippen molar-refractivity contribution in [1.82, 2.24) is 0 Å². The number of ether oxygens (including phenoxy) is 1. The number of aryl methyl sites for hydroxylation is 1. The highest BCUT2D eigenvalue weighted by atomic mass is 32.2. The summed E-state index contributed by atoms with van der Waals surface area (Å²) in [5.41, 5.74) is 1.47. The quantitative estimate of drug-likeness (QED) is 0.773. The summed E-state index contributed by atoms with van der Waals surface area (Å²) in [5, 5.41) is 0. The predicted molar refractivity (Wildman–Crippen MR) is 74.6 cm³/mol. The van der Waals surface area contributed by atoms with Crippen LogP contribution >= 0.6 is 0 Å². The highest BCUT2D eigenvalue weighted by molar-refractivity contribution is 7.92. The lowest BCUT2D eigenvalue weighted by Gasteiger charge is -2.22. The van der Waals surface area contributed by atoms with Gasteiger partial charge in [0, 0.05) is 0 Å². The molecule has 0 atom stereocenters. The van der Waals surface area contributed by atoms with E-state index in [1.165, 1.54) is 0 Å². The number of hydrogen-bond donors (Lipinski definition) is 0. The van der Waals surface area contributed by atoms with Crippen LogP contribution in [0.2, 0.25) is 0 Å². The minimum Gasteiger partial charge on any atom is -0.462 e. The molecule has 106 valence electrons. The molecule has 0 fully saturated rings. The largest absolute Gasteiger partial charge is 0.462 e. The zero-order valence-corrected chi connectivity index (χ0v) is 12.4. The average molecular weight is 285 g/mol. The van der Waals surface area contributed by atoms with Gasteiger partial charge in [0.25, 0.3) is 0 Å². The van der Waals surface area contributed by atoms with E-state index >= 15 is 0 Å². The third-order valence-electron chi connectivity index (χ3n) is 2.36. The van der Waals surface area contributed by atoms with Gasteiger partial charge >= 0.3 is 5.97 Å². The Morgan fingerprint density at radius 2 is 1.79 bits per heavy atom. The molecule has 0 aliphatic carbocycles. The summed E-state index contributed by atoms with van der Waals surface area (Å²) in [6.45, 7) is 5.02. The van der Waals surface area contributed by atoms with E-state index in [1.807, 2.05) is 6.92 Å². The number of sulfonamides is 1. The van der Waals surface area contributed by atoms with Crippen molar-refractivity contribution in [3.8, 4) is 0 Å². The Morgan fingerprint density at radius 1 is 1.26 bits per heavy atom. The van der Waals surface area contributed by atoms with E-state index in [4.69, 9.17) is 4.74 Å². The van der Waals surface area contributed by atoms with E-state index < -0.39 is 16.0 Å². The molecular weight excluding hydrogens is 266 g/mol. The molecule has 0 heterocycles. The number of rotatable bonds is 5. The number of esters is 1. The van der Waals surface area contributed by atoms with Crippen LogP contribution in [0, 0.1) is 6.92 Å². The second-order valence-corrected chi connectivity index (χ2v) is 6.55. The SMILES string of the molecule is Cc1ccc(N(CC(=O)OC(C)C)S(C)(=O)=O)cc1. The van der Waals surface area contributed by atoms with Crippen molar-refractivity contribution >= 4 is 21.7 Å². The van der Waals surface area contributed by atoms with Crippen LogP contribution in [0.4, 0.5) is 5.69 Å². The molecule has 0 aliphatic rings. The van der Waals surface area contributed by atoms with Gasteiger partial charge in [-0.05, 0) is 32.9 Å². The fourth-order valence-corrected chi connectivity index (χ4v) is 2.37. The van der Waals surface area contributed by atoms with Crippen LogP contribution in [0.1, 0.15) is 19.4 Å². The van der Waals surface area contributed by atoms with E-state index in [9.17, 15) is 13.2 Å². The van der Waals surface area contributed by atoms with Crippen LogP contribution in [0.15, 0.2) is 24.3 Å². The zero-order chi connectivity index (χ0) is 14.6. The Bertz CT molecular complexity index is 534. The Balaban J connectivity index is 2.97. The second kappa shape index (κ2) is 6.06. The van der Waals surface area contributed by atoms with Crippen molar-refractivity contribution in [3.63, 3.8) is 0 Å². The highest BCUT2D eigenvalue weighted by Crippen LogP contribution is 2.18. The van der Waals surface area contributed by atoms with Crippen molar-refractivity contribution in [2.75, 3.05) is 17.1 Å². The average Bonchev–Trinajstić information content (AvgIpc) is 2.25. The molecule has 0 amide bonds. The fourth-order valence-electron chi connectivity index (χ4n) is 1.53. The van der Waals surface area contributed by atoms with Crippen LogP contribution in [-0.4, -0.2) is 33.3 Å². The Morgan fingerprint density at radius 3 is 2.21 bits per heavy atom. The van der Waals surface area contributed by atoms with Crippen molar-refractivity contribution in [2.45, 2.75) is 26.9 Å². The summed E-state index contributed by atoms with van der Waals surface area (Å²) in [4.78, 5) is 11.6. The van der Waals surface area contributed by atoms with Gasteiger partial charge in [-0.1, -0.05) is 17.7 Å². The molecule has 5 nitrogen and oxygen atoms in total. The van der Waals surface area contributed by atoms with Gasteiger partial charge in [0.2, 0.25) is 10.0 Å². The normalized spacial score (nSPS) is 11.4. The molecule has 19 heavy (non-hydrogen) atoms. The fraction of sp³-hybridized carbons (Fsp3) is 0.462. The molecule has 6 heteroatoms. The smallest absolute Gasteiger partial charge is 0.327 e. The van der Waals surface area contributed by atoms with E-state index in [2.05, 4.69) is 0 Å². The summed E-state index contributed by atoms with van der Waals surface area (Å²) in [6.07, 6.45) is 0.794. The first-order valence-corrected chi connectivity index (χ1v) is 7.79. The molecule has 1 aromatic rings. The minimum absolute atomic E-state index is 0.271. The lowest BCUT2D eigenvalue weighted by atomic mass is 10.2. The summed E-state index contributed by atoms with van der Waals surface area (Å²) in [7, 11) is -3.53. The maximum Gasteiger partial charge on any atom is 0.327 e. The van der Waals surface area contributed by atoms with Crippen molar-refractivity contribution in [2.24, 2.45) is 0 Å². The van der Waals surface area contributed by atoms with Crippen LogP contribution in [0.25, 0.3) is 0 Å². The number of hydrogen-bond acceptors (Lipinski definition) is 4. The first-order chi connectivity index (χ1) is 8.70. The predicted octanol–water partition coefficient (Wildman–Crippen LogP) is 1.71. The van der Waals surface area contributed by atoms with Gasteiger partial charge in [-0.2, -0.15) is 0 Å². The third kappa shape index (κ3) is 4.90. The van der Waals surface area contributed by atoms with Gasteiger partial charge in [0.15, 0.2) is 0 Å². The lowest BCUT2D eigenvalue weighted by Crippen LogP contribution is -2.36. The van der Waals surface area contributed by atoms with E-state index in [1.54, 1.807) is 38.1 Å². The molecule has 0 spiro atoms. The number of nitrogens with zero attached hydrogens (tertiary/aromatic N) is 1. The first-order valence-electron chi connectivity index (χ1n) is 5.94. The number of carbonyl (C=O) groups excluding carboxylic acids is 1. The number of anilines is 1. The number of benzene rings is 1. The third-order valence-corrected chi connectivity index (χ3v) is 3.50. The van der Waals surface area contributed by atoms with Crippen LogP contribution in [0.5, 0.6) is 0 Å². The molecule has 1 rings (SSSR count). The van der Waals surface area contributed by atoms with E-state index in [0.29, 0.717) is 5.69 Å². The summed E-state index contributed by atoms with van der Waals surface area (Å²) < 4.78 is 29.5. The van der Waals surface area contributed by atoms with Crippen molar-refractivity contribution in [3.05, 3.63) is 29.8 Å². The van der Waals surface area contributed by atoms with Gasteiger partial charge in [-0.15, -0.1) is 0 Å². The second-order valence-electron chi connectivity index (χ2n) is 4.64. The maximum atomic E-state index is 11.8. The Kier molecular flexibility index (Phi) is 4.94. The number of carbonyl (C=O) groups is 1. The van der Waals surface area contributed by atoms with Crippen molar-refractivity contribution in [1.29, 1.82) is 0 Å². The van der Waals surface area contributed by atoms with Crippen LogP contribution < -0.4 is 4.31 Å². The molecule has 0 aromatic heterocycles. The standard InChI is InChI=1S/C13H19NO4S/c1-10(2)18-13(15)9-14(19(4,16)17)12-7-5-11(3)6-8-12/h5-8,10H,9H2,1-4H3. The topological polar surface area (TPSA) is 63.7 Å². The monoisotopic (exact) mass is 285 g/mol. The maximum absolute atomic E-state index is 11.8. The highest BCUT2D eigenvalue weighted by Gasteiger charge is 2.21. The first kappa shape index (κ1) is 15.5. The molecule has 0 radical (unpaired) electrons. The van der Waals surface area contributed by atoms with Gasteiger partial charge in [-0.25, -0.2) is 8.42 Å². The van der Waals surface area contributed by atoms with Gasteiger partial charge in [0.05, 0.1) is 18.0 Å². The molecule has 0 bridgehead atoms. The molecule has 0 saturated heterocycles. The van der Waals surface area contributed by atoms with Crippen molar-refractivity contribution < 1.29 is 17.9 Å². The van der Waals surface area contributed by atoms with Crippen LogP contribution in [-0.2, 0) is 19.6 Å². The van der Waals surface area contributed by atoms with E-state index in [-0.39, 0.29) is 12.6 Å². The minimum atomic E-state index is -3.53. The van der Waals surface area contributed by atoms with Gasteiger partial charge in [-0.3, -0.25) is 9.10 Å². The Labute approximate surface area is 114 Å². The molecule has 0 unspecified atom stereocenters. The molecular formula is C13H19NO4S. The van der Waals surface area contributed by atoms with E-state index in [0.717, 1.165) is 16.1 Å². The van der Waals surface area contributed by atoms with Gasteiger partial charge < -0.3 is 4.74 Å². The molecule has 0 aliphatic heterocycles. The molecule has 0 N–H and O–H groups in total. The Hall–Kier alpha value is -1.56. The molecule has 0 saturated carbocycles. The van der Waals surface area contributed by atoms with Crippen LogP contribution in [0.3, 0.4) is 0 Å². The zero-order valence-electron chi connectivity index (χ0n) is 11.6. The summed E-state index contributed by atoms with van der Waals surface area (Å²) in [5.74, 6) is -0.569. The van der Waals surface area contributed by atoms with Gasteiger partial charge in [0.1, 0.15) is 6.54 Å². The summed E-state index contributed by atoms with van der Waals surface area (Å²) in [6, 6.07) is 6.92. The lowest BCUT2D eigenvalue weighted by molar-refractivity contribution is -0.145. The summed E-state index contributed by atoms with van der Waals surface area (Å²) >= 11 is 0. The molecule has 1 aromatic carbocycles.